The Bertz CT molecular complexity index is 1830. The van der Waals surface area contributed by atoms with Crippen molar-refractivity contribution in [3.05, 3.63) is 89.2 Å². The van der Waals surface area contributed by atoms with Crippen LogP contribution in [-0.4, -0.2) is 94.1 Å². The molecule has 2 saturated heterocycles. The van der Waals surface area contributed by atoms with Crippen LogP contribution in [0.15, 0.2) is 71.6 Å². The van der Waals surface area contributed by atoms with Gasteiger partial charge in [0.2, 0.25) is 5.60 Å². The van der Waals surface area contributed by atoms with Crippen molar-refractivity contribution >= 4 is 27.7 Å². The zero-order valence-electron chi connectivity index (χ0n) is 26.3. The van der Waals surface area contributed by atoms with E-state index >= 15 is 4.39 Å². The van der Waals surface area contributed by atoms with E-state index in [9.17, 15) is 23.3 Å². The molecular formula is C34H36FN5O6S. The number of rotatable bonds is 7. The van der Waals surface area contributed by atoms with Gasteiger partial charge in [0.15, 0.2) is 0 Å². The molecular weight excluding hydrogens is 625 g/mol. The number of sulfonamides is 1. The van der Waals surface area contributed by atoms with Crippen LogP contribution in [0, 0.1) is 17.1 Å². The van der Waals surface area contributed by atoms with E-state index < -0.39 is 38.3 Å². The predicted molar refractivity (Wildman–Crippen MR) is 171 cm³/mol. The standard InChI is InChI=1S/C34H36FN5O6S/c1-3-45-30-10-6-4-8-26(30)34(46-33(42)39-20-18-38(19-21-39)25-14-16-37(2)17-15-25)27-22-24(23-36)12-13-29(27)40(32(34)41)47(43,44)31-11-7-5-9-28(31)35/h4-13,22,25H,3,14-21H2,1-2H3. The van der Waals surface area contributed by atoms with Gasteiger partial charge in [-0.05, 0) is 76.3 Å². The van der Waals surface area contributed by atoms with E-state index in [4.69, 9.17) is 9.47 Å². The van der Waals surface area contributed by atoms with Crippen LogP contribution in [0.5, 0.6) is 5.75 Å². The third-order valence-corrected chi connectivity index (χ3v) is 10.9. The van der Waals surface area contributed by atoms with Crippen molar-refractivity contribution in [2.45, 2.75) is 36.3 Å². The molecule has 13 heteroatoms. The van der Waals surface area contributed by atoms with Gasteiger partial charge in [-0.2, -0.15) is 9.57 Å². The smallest absolute Gasteiger partial charge is 0.411 e. The van der Waals surface area contributed by atoms with Gasteiger partial charge in [-0.25, -0.2) is 17.6 Å². The van der Waals surface area contributed by atoms with E-state index in [2.05, 4.69) is 16.8 Å². The molecule has 0 bridgehead atoms. The number of halogens is 1. The second-order valence-electron chi connectivity index (χ2n) is 11.9. The van der Waals surface area contributed by atoms with Crippen LogP contribution >= 0.6 is 0 Å². The van der Waals surface area contributed by atoms with E-state index in [0.717, 1.165) is 38.1 Å². The molecule has 3 aromatic rings. The highest BCUT2D eigenvalue weighted by Gasteiger charge is 2.61. The van der Waals surface area contributed by atoms with Gasteiger partial charge in [0.25, 0.3) is 15.9 Å². The molecule has 3 aromatic carbocycles. The number of hydrogen-bond acceptors (Lipinski definition) is 9. The molecule has 0 spiro atoms. The minimum absolute atomic E-state index is 0.0491. The molecule has 3 heterocycles. The zero-order valence-corrected chi connectivity index (χ0v) is 27.1. The fourth-order valence-electron chi connectivity index (χ4n) is 6.70. The molecule has 0 N–H and O–H groups in total. The fraction of sp³-hybridized carbons (Fsp3) is 0.382. The van der Waals surface area contributed by atoms with Crippen molar-refractivity contribution in [3.63, 3.8) is 0 Å². The number of piperidine rings is 1. The predicted octanol–water partition coefficient (Wildman–Crippen LogP) is 3.92. The molecule has 2 amide bonds. The minimum atomic E-state index is -4.87. The Morgan fingerprint density at radius 1 is 0.979 bits per heavy atom. The Morgan fingerprint density at radius 2 is 1.66 bits per heavy atom. The molecule has 0 aliphatic carbocycles. The molecule has 1 atom stereocenters. The Morgan fingerprint density at radius 3 is 2.34 bits per heavy atom. The summed E-state index contributed by atoms with van der Waals surface area (Å²) in [5.41, 5.74) is -2.42. The van der Waals surface area contributed by atoms with Gasteiger partial charge in [0, 0.05) is 37.8 Å². The maximum absolute atomic E-state index is 15.0. The Labute approximate surface area is 273 Å². The highest BCUT2D eigenvalue weighted by Crippen LogP contribution is 2.52. The lowest BCUT2D eigenvalue weighted by Crippen LogP contribution is -2.55. The van der Waals surface area contributed by atoms with Crippen molar-refractivity contribution in [1.82, 2.24) is 14.7 Å². The number of hydrogen-bond donors (Lipinski definition) is 0. The monoisotopic (exact) mass is 661 g/mol. The van der Waals surface area contributed by atoms with Crippen molar-refractivity contribution in [2.75, 3.05) is 57.2 Å². The highest BCUT2D eigenvalue weighted by atomic mass is 32.2. The summed E-state index contributed by atoms with van der Waals surface area (Å²) in [5, 5.41) is 9.82. The second-order valence-corrected chi connectivity index (χ2v) is 13.6. The normalized spacial score (nSPS) is 20.9. The lowest BCUT2D eigenvalue weighted by molar-refractivity contribution is -0.132. The number of likely N-dealkylation sites (tertiary alicyclic amines) is 1. The summed E-state index contributed by atoms with van der Waals surface area (Å²) >= 11 is 0. The summed E-state index contributed by atoms with van der Waals surface area (Å²) in [7, 11) is -2.76. The van der Waals surface area contributed by atoms with Gasteiger partial charge in [0.05, 0.1) is 29.5 Å². The van der Waals surface area contributed by atoms with Gasteiger partial charge in [-0.1, -0.05) is 30.3 Å². The summed E-state index contributed by atoms with van der Waals surface area (Å²) in [6, 6.07) is 17.5. The maximum atomic E-state index is 15.0. The number of anilines is 1. The first-order valence-electron chi connectivity index (χ1n) is 15.6. The summed E-state index contributed by atoms with van der Waals surface area (Å²) < 4.78 is 55.8. The van der Waals surface area contributed by atoms with E-state index in [1.54, 1.807) is 25.1 Å². The van der Waals surface area contributed by atoms with Crippen LogP contribution in [0.3, 0.4) is 0 Å². The van der Waals surface area contributed by atoms with Crippen LogP contribution in [0.25, 0.3) is 0 Å². The highest BCUT2D eigenvalue weighted by molar-refractivity contribution is 7.93. The average molecular weight is 662 g/mol. The van der Waals surface area contributed by atoms with E-state index in [1.165, 1.54) is 41.3 Å². The van der Waals surface area contributed by atoms with Crippen molar-refractivity contribution in [2.24, 2.45) is 0 Å². The molecule has 47 heavy (non-hydrogen) atoms. The van der Waals surface area contributed by atoms with Crippen molar-refractivity contribution in [3.8, 4) is 11.8 Å². The molecule has 0 radical (unpaired) electrons. The molecule has 2 fully saturated rings. The number of piperazine rings is 1. The first-order chi connectivity index (χ1) is 22.6. The number of benzene rings is 3. The first-order valence-corrected chi connectivity index (χ1v) is 17.1. The average Bonchev–Trinajstić information content (AvgIpc) is 3.33. The SMILES string of the molecule is CCOc1ccccc1C1(OC(=O)N2CCN(C3CCN(C)CC3)CC2)C(=O)N(S(=O)(=O)c2ccccc2F)c2ccc(C#N)cc21. The molecule has 246 valence electrons. The quantitative estimate of drug-likeness (QED) is 0.371. The number of ether oxygens (including phenoxy) is 2. The Kier molecular flexibility index (Phi) is 8.93. The first kappa shape index (κ1) is 32.4. The van der Waals surface area contributed by atoms with Crippen LogP contribution in [0.4, 0.5) is 14.9 Å². The third-order valence-electron chi connectivity index (χ3n) is 9.15. The van der Waals surface area contributed by atoms with E-state index in [1.807, 2.05) is 6.07 Å². The van der Waals surface area contributed by atoms with E-state index in [0.29, 0.717) is 36.5 Å². The Hall–Kier alpha value is -4.51. The summed E-state index contributed by atoms with van der Waals surface area (Å²) in [6.45, 7) is 5.85. The maximum Gasteiger partial charge on any atom is 0.411 e. The van der Waals surface area contributed by atoms with Crippen LogP contribution in [0.2, 0.25) is 0 Å². The van der Waals surface area contributed by atoms with Crippen LogP contribution in [0.1, 0.15) is 36.5 Å². The van der Waals surface area contributed by atoms with Crippen LogP contribution < -0.4 is 9.04 Å². The number of carbonyl (C=O) groups is 2. The largest absolute Gasteiger partial charge is 0.493 e. The molecule has 3 aliphatic rings. The van der Waals surface area contributed by atoms with Crippen molar-refractivity contribution in [1.29, 1.82) is 5.26 Å². The van der Waals surface area contributed by atoms with Gasteiger partial charge in [-0.15, -0.1) is 0 Å². The lowest BCUT2D eigenvalue weighted by Gasteiger charge is -2.42. The number of carbonyl (C=O) groups excluding carboxylic acids is 2. The zero-order chi connectivity index (χ0) is 33.3. The summed E-state index contributed by atoms with van der Waals surface area (Å²) in [6.07, 6.45) is 1.25. The van der Waals surface area contributed by atoms with Crippen molar-refractivity contribution < 1.29 is 31.9 Å². The Balaban J connectivity index is 1.44. The molecule has 11 nitrogen and oxygen atoms in total. The van der Waals surface area contributed by atoms with E-state index in [-0.39, 0.29) is 34.7 Å². The molecule has 6 rings (SSSR count). The summed E-state index contributed by atoms with van der Waals surface area (Å²) in [5.74, 6) is -2.03. The number of nitrogens with zero attached hydrogens (tertiary/aromatic N) is 5. The van der Waals surface area contributed by atoms with Crippen LogP contribution in [-0.2, 0) is 25.2 Å². The summed E-state index contributed by atoms with van der Waals surface area (Å²) in [4.78, 5) is 34.4. The number of fused-ring (bicyclic) bond motifs is 1. The third kappa shape index (κ3) is 5.71. The van der Waals surface area contributed by atoms with Gasteiger partial charge in [-0.3, -0.25) is 9.69 Å². The topological polar surface area (TPSA) is 123 Å². The number of nitriles is 1. The number of amides is 2. The fourth-order valence-corrected chi connectivity index (χ4v) is 8.23. The second kappa shape index (κ2) is 12.9. The van der Waals surface area contributed by atoms with Gasteiger partial charge < -0.3 is 19.3 Å². The molecule has 3 aliphatic heterocycles. The van der Waals surface area contributed by atoms with Gasteiger partial charge >= 0.3 is 6.09 Å². The number of para-hydroxylation sites is 1. The minimum Gasteiger partial charge on any atom is -0.493 e. The molecule has 1 unspecified atom stereocenters. The van der Waals surface area contributed by atoms with Gasteiger partial charge in [0.1, 0.15) is 16.5 Å². The molecule has 0 aromatic heterocycles. The molecule has 0 saturated carbocycles. The lowest BCUT2D eigenvalue weighted by atomic mass is 9.85.